The molecule has 1 aromatic heterocycles. The van der Waals surface area contributed by atoms with Crippen LogP contribution in [0.3, 0.4) is 0 Å². The fraction of sp³-hybridized carbons (Fsp3) is 0.176. The predicted molar refractivity (Wildman–Crippen MR) is 89.1 cm³/mol. The number of rotatable bonds is 5. The third-order valence-electron chi connectivity index (χ3n) is 3.69. The SMILES string of the molecule is COc1ccc([C@@H](N)c2nc(-c3ccc(O)cc3)n[nH]2)cc1OC. The number of nitrogens with zero attached hydrogens (tertiary/aromatic N) is 2. The van der Waals surface area contributed by atoms with E-state index in [1.165, 1.54) is 0 Å². The molecule has 0 saturated heterocycles. The van der Waals surface area contributed by atoms with E-state index in [4.69, 9.17) is 15.2 Å². The summed E-state index contributed by atoms with van der Waals surface area (Å²) in [5.41, 5.74) is 7.88. The first kappa shape index (κ1) is 15.8. The number of nitrogens with one attached hydrogen (secondary N) is 1. The van der Waals surface area contributed by atoms with E-state index in [1.807, 2.05) is 12.1 Å². The average molecular weight is 326 g/mol. The lowest BCUT2D eigenvalue weighted by molar-refractivity contribution is 0.354. The Morgan fingerprint density at radius 2 is 1.75 bits per heavy atom. The van der Waals surface area contributed by atoms with Gasteiger partial charge in [-0.05, 0) is 42.0 Å². The van der Waals surface area contributed by atoms with E-state index in [2.05, 4.69) is 15.2 Å². The monoisotopic (exact) mass is 326 g/mol. The summed E-state index contributed by atoms with van der Waals surface area (Å²) in [6, 6.07) is 11.6. The minimum atomic E-state index is -0.483. The molecule has 0 unspecified atom stereocenters. The lowest BCUT2D eigenvalue weighted by Gasteiger charge is -2.13. The van der Waals surface area contributed by atoms with Gasteiger partial charge in [0.25, 0.3) is 0 Å². The molecular formula is C17H18N4O3. The van der Waals surface area contributed by atoms with E-state index in [1.54, 1.807) is 44.6 Å². The van der Waals surface area contributed by atoms with Crippen LogP contribution in [0.15, 0.2) is 42.5 Å². The molecule has 124 valence electrons. The first-order valence-electron chi connectivity index (χ1n) is 7.31. The number of aromatic amines is 1. The second-order valence-corrected chi connectivity index (χ2v) is 5.18. The molecule has 0 amide bonds. The number of nitrogens with two attached hydrogens (primary N) is 1. The van der Waals surface area contributed by atoms with Gasteiger partial charge in [-0.2, -0.15) is 5.10 Å². The van der Waals surface area contributed by atoms with Gasteiger partial charge in [0.1, 0.15) is 11.6 Å². The number of aromatic nitrogens is 3. The van der Waals surface area contributed by atoms with Crippen molar-refractivity contribution in [2.24, 2.45) is 5.73 Å². The van der Waals surface area contributed by atoms with Crippen LogP contribution in [0.1, 0.15) is 17.4 Å². The Kier molecular flexibility index (Phi) is 4.35. The Balaban J connectivity index is 1.88. The fourth-order valence-corrected chi connectivity index (χ4v) is 2.36. The molecule has 0 aliphatic carbocycles. The standard InChI is InChI=1S/C17H18N4O3/c1-23-13-8-5-11(9-14(13)24-2)15(18)17-19-16(20-21-17)10-3-6-12(22)7-4-10/h3-9,15,22H,18H2,1-2H3,(H,19,20,21)/t15-/m1/s1. The summed E-state index contributed by atoms with van der Waals surface area (Å²) in [7, 11) is 3.16. The molecule has 1 heterocycles. The van der Waals surface area contributed by atoms with Crippen molar-refractivity contribution in [3.63, 3.8) is 0 Å². The number of ether oxygens (including phenoxy) is 2. The van der Waals surface area contributed by atoms with Crippen LogP contribution in [-0.4, -0.2) is 34.5 Å². The lowest BCUT2D eigenvalue weighted by Crippen LogP contribution is -2.14. The van der Waals surface area contributed by atoms with Crippen LogP contribution in [0.2, 0.25) is 0 Å². The summed E-state index contributed by atoms with van der Waals surface area (Å²) in [5, 5.41) is 16.4. The molecule has 3 aromatic rings. The third-order valence-corrected chi connectivity index (χ3v) is 3.69. The number of benzene rings is 2. The Morgan fingerprint density at radius 1 is 1.04 bits per heavy atom. The third kappa shape index (κ3) is 3.02. The van der Waals surface area contributed by atoms with E-state index in [9.17, 15) is 5.11 Å². The van der Waals surface area contributed by atoms with Gasteiger partial charge in [0.15, 0.2) is 17.3 Å². The molecule has 0 radical (unpaired) electrons. The van der Waals surface area contributed by atoms with Crippen LogP contribution >= 0.6 is 0 Å². The van der Waals surface area contributed by atoms with Crippen LogP contribution in [-0.2, 0) is 0 Å². The van der Waals surface area contributed by atoms with Crippen molar-refractivity contribution in [2.45, 2.75) is 6.04 Å². The zero-order valence-electron chi connectivity index (χ0n) is 13.4. The van der Waals surface area contributed by atoms with Crippen molar-refractivity contribution in [1.29, 1.82) is 0 Å². The molecule has 7 heteroatoms. The zero-order valence-corrected chi connectivity index (χ0v) is 13.4. The Morgan fingerprint density at radius 3 is 2.42 bits per heavy atom. The summed E-state index contributed by atoms with van der Waals surface area (Å²) in [6.45, 7) is 0. The first-order chi connectivity index (χ1) is 11.6. The molecule has 3 rings (SSSR count). The van der Waals surface area contributed by atoms with E-state index in [0.29, 0.717) is 23.1 Å². The van der Waals surface area contributed by atoms with Crippen LogP contribution in [0.5, 0.6) is 17.2 Å². The van der Waals surface area contributed by atoms with Crippen molar-refractivity contribution < 1.29 is 14.6 Å². The highest BCUT2D eigenvalue weighted by molar-refractivity contribution is 5.56. The quantitative estimate of drug-likeness (QED) is 0.664. The summed E-state index contributed by atoms with van der Waals surface area (Å²) in [4.78, 5) is 4.44. The van der Waals surface area contributed by atoms with Gasteiger partial charge in [0.05, 0.1) is 20.3 Å². The van der Waals surface area contributed by atoms with Gasteiger partial charge < -0.3 is 20.3 Å². The van der Waals surface area contributed by atoms with Crippen LogP contribution in [0.25, 0.3) is 11.4 Å². The van der Waals surface area contributed by atoms with Gasteiger partial charge in [-0.3, -0.25) is 5.10 Å². The first-order valence-corrected chi connectivity index (χ1v) is 7.31. The van der Waals surface area contributed by atoms with Gasteiger partial charge in [-0.1, -0.05) is 6.07 Å². The summed E-state index contributed by atoms with van der Waals surface area (Å²) >= 11 is 0. The molecule has 0 spiro atoms. The smallest absolute Gasteiger partial charge is 0.181 e. The van der Waals surface area contributed by atoms with Gasteiger partial charge in [0.2, 0.25) is 0 Å². The second-order valence-electron chi connectivity index (χ2n) is 5.18. The second kappa shape index (κ2) is 6.59. The maximum Gasteiger partial charge on any atom is 0.181 e. The van der Waals surface area contributed by atoms with E-state index in [-0.39, 0.29) is 5.75 Å². The molecular weight excluding hydrogens is 308 g/mol. The number of phenols is 1. The number of aromatic hydroxyl groups is 1. The Hall–Kier alpha value is -3.06. The number of hydrogen-bond donors (Lipinski definition) is 3. The van der Waals surface area contributed by atoms with E-state index in [0.717, 1.165) is 11.1 Å². The van der Waals surface area contributed by atoms with Crippen molar-refractivity contribution in [1.82, 2.24) is 15.2 Å². The summed E-state index contributed by atoms with van der Waals surface area (Å²) < 4.78 is 10.5. The highest BCUT2D eigenvalue weighted by Crippen LogP contribution is 2.31. The van der Waals surface area contributed by atoms with Crippen LogP contribution in [0, 0.1) is 0 Å². The lowest BCUT2D eigenvalue weighted by atomic mass is 10.1. The summed E-state index contributed by atoms with van der Waals surface area (Å²) in [6.07, 6.45) is 0. The summed E-state index contributed by atoms with van der Waals surface area (Å²) in [5.74, 6) is 2.47. The zero-order chi connectivity index (χ0) is 17.1. The van der Waals surface area contributed by atoms with Crippen molar-refractivity contribution in [3.05, 3.63) is 53.9 Å². The van der Waals surface area contributed by atoms with Crippen molar-refractivity contribution in [3.8, 4) is 28.6 Å². The molecule has 0 fully saturated rings. The number of hydrogen-bond acceptors (Lipinski definition) is 6. The molecule has 0 aliphatic heterocycles. The van der Waals surface area contributed by atoms with E-state index < -0.39 is 6.04 Å². The maximum atomic E-state index is 9.35. The minimum Gasteiger partial charge on any atom is -0.508 e. The fourth-order valence-electron chi connectivity index (χ4n) is 2.36. The van der Waals surface area contributed by atoms with Gasteiger partial charge >= 0.3 is 0 Å². The largest absolute Gasteiger partial charge is 0.508 e. The molecule has 4 N–H and O–H groups in total. The van der Waals surface area contributed by atoms with Gasteiger partial charge in [-0.15, -0.1) is 0 Å². The number of methoxy groups -OCH3 is 2. The highest BCUT2D eigenvalue weighted by Gasteiger charge is 2.17. The van der Waals surface area contributed by atoms with Gasteiger partial charge in [-0.25, -0.2) is 4.98 Å². The molecule has 2 aromatic carbocycles. The highest BCUT2D eigenvalue weighted by atomic mass is 16.5. The molecule has 0 aliphatic rings. The van der Waals surface area contributed by atoms with Crippen molar-refractivity contribution in [2.75, 3.05) is 14.2 Å². The van der Waals surface area contributed by atoms with Crippen LogP contribution < -0.4 is 15.2 Å². The molecule has 24 heavy (non-hydrogen) atoms. The predicted octanol–water partition coefficient (Wildman–Crippen LogP) is 2.24. The van der Waals surface area contributed by atoms with Crippen LogP contribution in [0.4, 0.5) is 0 Å². The Bertz CT molecular complexity index is 830. The average Bonchev–Trinajstić information content (AvgIpc) is 3.11. The number of phenolic OH excluding ortho intramolecular Hbond substituents is 1. The normalized spacial score (nSPS) is 12.0. The van der Waals surface area contributed by atoms with E-state index >= 15 is 0 Å². The maximum absolute atomic E-state index is 9.35. The topological polar surface area (TPSA) is 106 Å². The van der Waals surface area contributed by atoms with Gasteiger partial charge in [0, 0.05) is 5.56 Å². The molecule has 0 saturated carbocycles. The minimum absolute atomic E-state index is 0.191. The molecule has 0 bridgehead atoms. The molecule has 7 nitrogen and oxygen atoms in total. The Labute approximate surface area is 139 Å². The van der Waals surface area contributed by atoms with Crippen molar-refractivity contribution >= 4 is 0 Å². The number of H-pyrrole nitrogens is 1. The molecule has 1 atom stereocenters.